The SMILES string of the molecule is CCCCCOc1ccc(NC(=O)C[C@@H]2CCS(=O)(=O)C2)cc1. The number of hydrogen-bond acceptors (Lipinski definition) is 4. The van der Waals surface area contributed by atoms with E-state index in [9.17, 15) is 13.2 Å². The van der Waals surface area contributed by atoms with E-state index in [1.54, 1.807) is 12.1 Å². The molecule has 1 aliphatic heterocycles. The first-order valence-electron chi connectivity index (χ1n) is 8.21. The molecule has 1 atom stereocenters. The summed E-state index contributed by atoms with van der Waals surface area (Å²) in [6, 6.07) is 7.28. The van der Waals surface area contributed by atoms with Gasteiger partial charge in [-0.3, -0.25) is 4.79 Å². The van der Waals surface area contributed by atoms with E-state index in [0.717, 1.165) is 25.0 Å². The number of rotatable bonds is 8. The van der Waals surface area contributed by atoms with Crippen LogP contribution in [0.4, 0.5) is 5.69 Å². The second kappa shape index (κ2) is 8.34. The molecular formula is C17H25NO4S. The summed E-state index contributed by atoms with van der Waals surface area (Å²) in [6.45, 7) is 2.86. The molecule has 0 radical (unpaired) electrons. The Hall–Kier alpha value is -1.56. The molecule has 0 saturated carbocycles. The summed E-state index contributed by atoms with van der Waals surface area (Å²) in [7, 11) is -2.93. The van der Waals surface area contributed by atoms with Gasteiger partial charge >= 0.3 is 0 Å². The number of anilines is 1. The monoisotopic (exact) mass is 339 g/mol. The number of unbranched alkanes of at least 4 members (excludes halogenated alkanes) is 2. The van der Waals surface area contributed by atoms with Crippen LogP contribution in [0.2, 0.25) is 0 Å². The van der Waals surface area contributed by atoms with Crippen molar-refractivity contribution in [2.75, 3.05) is 23.4 Å². The van der Waals surface area contributed by atoms with E-state index >= 15 is 0 Å². The fourth-order valence-electron chi connectivity index (χ4n) is 2.68. The van der Waals surface area contributed by atoms with Crippen molar-refractivity contribution in [1.82, 2.24) is 0 Å². The lowest BCUT2D eigenvalue weighted by atomic mass is 10.1. The second-order valence-electron chi connectivity index (χ2n) is 6.10. The van der Waals surface area contributed by atoms with Gasteiger partial charge in [-0.15, -0.1) is 0 Å². The Bertz CT molecular complexity index is 610. The van der Waals surface area contributed by atoms with Crippen LogP contribution in [0.5, 0.6) is 5.75 Å². The van der Waals surface area contributed by atoms with Crippen LogP contribution in [0.3, 0.4) is 0 Å². The van der Waals surface area contributed by atoms with Crippen molar-refractivity contribution in [2.24, 2.45) is 5.92 Å². The van der Waals surface area contributed by atoms with E-state index in [1.807, 2.05) is 12.1 Å². The average Bonchev–Trinajstić information content (AvgIpc) is 2.84. The molecule has 1 aromatic carbocycles. The lowest BCUT2D eigenvalue weighted by Crippen LogP contribution is -2.17. The molecule has 128 valence electrons. The van der Waals surface area contributed by atoms with Crippen LogP contribution in [-0.4, -0.2) is 32.4 Å². The minimum atomic E-state index is -2.93. The van der Waals surface area contributed by atoms with Crippen molar-refractivity contribution in [2.45, 2.75) is 39.0 Å². The molecule has 1 amide bonds. The molecule has 23 heavy (non-hydrogen) atoms. The molecule has 1 aromatic rings. The Morgan fingerprint density at radius 3 is 2.61 bits per heavy atom. The van der Waals surface area contributed by atoms with Crippen LogP contribution in [0.1, 0.15) is 39.0 Å². The number of carbonyl (C=O) groups excluding carboxylic acids is 1. The molecule has 1 saturated heterocycles. The number of sulfone groups is 1. The number of amides is 1. The summed E-state index contributed by atoms with van der Waals surface area (Å²) >= 11 is 0. The number of carbonyl (C=O) groups is 1. The van der Waals surface area contributed by atoms with E-state index in [4.69, 9.17) is 4.74 Å². The largest absolute Gasteiger partial charge is 0.494 e. The summed E-state index contributed by atoms with van der Waals surface area (Å²) in [5.74, 6) is 0.936. The maximum atomic E-state index is 12.0. The lowest BCUT2D eigenvalue weighted by Gasteiger charge is -2.10. The first kappa shape index (κ1) is 17.8. The molecule has 1 aliphatic rings. The van der Waals surface area contributed by atoms with Crippen LogP contribution < -0.4 is 10.1 Å². The van der Waals surface area contributed by atoms with Crippen molar-refractivity contribution in [1.29, 1.82) is 0 Å². The normalized spacial score (nSPS) is 19.4. The molecule has 1 heterocycles. The average molecular weight is 339 g/mol. The summed E-state index contributed by atoms with van der Waals surface area (Å²) in [5, 5.41) is 2.81. The zero-order chi connectivity index (χ0) is 16.7. The van der Waals surface area contributed by atoms with Gasteiger partial charge in [0.2, 0.25) is 5.91 Å². The molecular weight excluding hydrogens is 314 g/mol. The Labute approximate surface area is 138 Å². The molecule has 1 N–H and O–H groups in total. The highest BCUT2D eigenvalue weighted by Gasteiger charge is 2.29. The predicted molar refractivity (Wildman–Crippen MR) is 91.5 cm³/mol. The highest BCUT2D eigenvalue weighted by Crippen LogP contribution is 2.22. The number of benzene rings is 1. The maximum Gasteiger partial charge on any atom is 0.224 e. The van der Waals surface area contributed by atoms with Gasteiger partial charge in [0, 0.05) is 12.1 Å². The third kappa shape index (κ3) is 6.22. The molecule has 1 fully saturated rings. The number of hydrogen-bond donors (Lipinski definition) is 1. The first-order chi connectivity index (χ1) is 11.0. The van der Waals surface area contributed by atoms with E-state index < -0.39 is 9.84 Å². The summed E-state index contributed by atoms with van der Waals surface area (Å²) in [4.78, 5) is 12.0. The maximum absolute atomic E-state index is 12.0. The Morgan fingerprint density at radius 1 is 1.26 bits per heavy atom. The third-order valence-electron chi connectivity index (χ3n) is 3.96. The molecule has 2 rings (SSSR count). The number of ether oxygens (including phenoxy) is 1. The van der Waals surface area contributed by atoms with Crippen LogP contribution >= 0.6 is 0 Å². The minimum absolute atomic E-state index is 0.0545. The van der Waals surface area contributed by atoms with Crippen molar-refractivity contribution >= 4 is 21.4 Å². The summed E-state index contributed by atoms with van der Waals surface area (Å²) < 4.78 is 28.4. The number of nitrogens with one attached hydrogen (secondary N) is 1. The fraction of sp³-hybridized carbons (Fsp3) is 0.588. The van der Waals surface area contributed by atoms with Gasteiger partial charge < -0.3 is 10.1 Å². The van der Waals surface area contributed by atoms with Gasteiger partial charge in [-0.1, -0.05) is 19.8 Å². The molecule has 6 heteroatoms. The van der Waals surface area contributed by atoms with Gasteiger partial charge in [-0.05, 0) is 43.0 Å². The van der Waals surface area contributed by atoms with Gasteiger partial charge in [0.15, 0.2) is 9.84 Å². The van der Waals surface area contributed by atoms with Crippen LogP contribution in [0, 0.1) is 5.92 Å². The van der Waals surface area contributed by atoms with Crippen LogP contribution in [0.25, 0.3) is 0 Å². The molecule has 5 nitrogen and oxygen atoms in total. The minimum Gasteiger partial charge on any atom is -0.494 e. The van der Waals surface area contributed by atoms with Crippen molar-refractivity contribution < 1.29 is 17.9 Å². The second-order valence-corrected chi connectivity index (χ2v) is 8.33. The predicted octanol–water partition coefficient (Wildman–Crippen LogP) is 3.02. The van der Waals surface area contributed by atoms with Crippen LogP contribution in [0.15, 0.2) is 24.3 Å². The summed E-state index contributed by atoms with van der Waals surface area (Å²) in [6.07, 6.45) is 4.20. The lowest BCUT2D eigenvalue weighted by molar-refractivity contribution is -0.116. The van der Waals surface area contributed by atoms with Gasteiger partial charge in [-0.25, -0.2) is 8.42 Å². The highest BCUT2D eigenvalue weighted by molar-refractivity contribution is 7.91. The molecule has 0 aromatic heterocycles. The quantitative estimate of drug-likeness (QED) is 0.739. The van der Waals surface area contributed by atoms with E-state index in [-0.39, 0.29) is 29.8 Å². The van der Waals surface area contributed by atoms with Crippen molar-refractivity contribution in [3.05, 3.63) is 24.3 Å². The van der Waals surface area contributed by atoms with E-state index in [2.05, 4.69) is 12.2 Å². The standard InChI is InChI=1S/C17H25NO4S/c1-2-3-4-10-22-16-7-5-15(6-8-16)18-17(19)12-14-9-11-23(20,21)13-14/h5-8,14H,2-4,9-13H2,1H3,(H,18,19)/t14-/m0/s1. The molecule has 0 unspecified atom stereocenters. The van der Waals surface area contributed by atoms with Gasteiger partial charge in [0.25, 0.3) is 0 Å². The van der Waals surface area contributed by atoms with Crippen LogP contribution in [-0.2, 0) is 14.6 Å². The van der Waals surface area contributed by atoms with Crippen molar-refractivity contribution in [3.63, 3.8) is 0 Å². The van der Waals surface area contributed by atoms with E-state index in [0.29, 0.717) is 18.7 Å². The zero-order valence-electron chi connectivity index (χ0n) is 13.6. The Kier molecular flexibility index (Phi) is 6.45. The molecule has 0 aliphatic carbocycles. The first-order valence-corrected chi connectivity index (χ1v) is 10.0. The zero-order valence-corrected chi connectivity index (χ0v) is 14.4. The molecule has 0 bridgehead atoms. The smallest absolute Gasteiger partial charge is 0.224 e. The van der Waals surface area contributed by atoms with Gasteiger partial charge in [0.05, 0.1) is 18.1 Å². The van der Waals surface area contributed by atoms with E-state index in [1.165, 1.54) is 0 Å². The Morgan fingerprint density at radius 2 is 2.00 bits per heavy atom. The topological polar surface area (TPSA) is 72.5 Å². The van der Waals surface area contributed by atoms with Gasteiger partial charge in [-0.2, -0.15) is 0 Å². The Balaban J connectivity index is 1.75. The molecule has 0 spiro atoms. The van der Waals surface area contributed by atoms with Crippen molar-refractivity contribution in [3.8, 4) is 5.75 Å². The fourth-order valence-corrected chi connectivity index (χ4v) is 4.55. The summed E-state index contributed by atoms with van der Waals surface area (Å²) in [5.41, 5.74) is 0.705. The third-order valence-corrected chi connectivity index (χ3v) is 5.79. The highest BCUT2D eigenvalue weighted by atomic mass is 32.2. The van der Waals surface area contributed by atoms with Gasteiger partial charge in [0.1, 0.15) is 5.75 Å².